The zero-order valence-electron chi connectivity index (χ0n) is 73.7. The lowest BCUT2D eigenvalue weighted by Gasteiger charge is -2.30. The van der Waals surface area contributed by atoms with Crippen LogP contribution in [0.3, 0.4) is 0 Å². The third-order valence-electron chi connectivity index (χ3n) is 15.9. The Balaban J connectivity index is -0.000000252. The number of carbonyl (C=O) groups is 15. The van der Waals surface area contributed by atoms with Crippen molar-refractivity contribution in [3.63, 3.8) is 0 Å². The third-order valence-corrected chi connectivity index (χ3v) is 15.9. The number of rotatable bonds is 57. The summed E-state index contributed by atoms with van der Waals surface area (Å²) in [7, 11) is 24.7. The number of Topliss-reactive ketones (excluding diaryl/α,β-unsaturated/α-hetero) is 3. The maximum Gasteiger partial charge on any atom is 0.333 e. The molecule has 0 aromatic carbocycles. The Morgan fingerprint density at radius 3 is 1.02 bits per heavy atom. The summed E-state index contributed by atoms with van der Waals surface area (Å²) in [4.78, 5) is 172. The van der Waals surface area contributed by atoms with Gasteiger partial charge in [0, 0.05) is 76.3 Å². The van der Waals surface area contributed by atoms with Crippen molar-refractivity contribution in [1.82, 2.24) is 16.0 Å². The first-order valence-electron chi connectivity index (χ1n) is 38.0. The van der Waals surface area contributed by atoms with E-state index in [2.05, 4.69) is 76.5 Å². The number of ketones is 3. The number of likely N-dealkylation sites (N-methyl/N-ethyl adjacent to an activating group) is 7. The summed E-state index contributed by atoms with van der Waals surface area (Å²) in [5, 5.41) is 89.5. The van der Waals surface area contributed by atoms with Crippen LogP contribution in [0.25, 0.3) is 14.5 Å². The van der Waals surface area contributed by atoms with Crippen LogP contribution >= 0.6 is 0 Å². The van der Waals surface area contributed by atoms with Crippen LogP contribution in [0.4, 0.5) is 0 Å². The van der Waals surface area contributed by atoms with Gasteiger partial charge in [-0.3, -0.25) is 33.6 Å². The van der Waals surface area contributed by atoms with Crippen LogP contribution in [-0.2, 0) is 86.1 Å². The van der Waals surface area contributed by atoms with Crippen molar-refractivity contribution in [2.24, 2.45) is 5.92 Å². The Morgan fingerprint density at radius 2 is 0.694 bits per heavy atom. The van der Waals surface area contributed by atoms with Crippen molar-refractivity contribution >= 4 is 88.8 Å². The van der Waals surface area contributed by atoms with Crippen LogP contribution < -0.4 is 51.7 Å². The molecule has 0 aromatic rings. The van der Waals surface area contributed by atoms with Crippen LogP contribution in [0.1, 0.15) is 84.0 Å². The average molecular weight is 1710 g/mol. The number of hydrogen-bond donors (Lipinski definition) is 3. The number of esters is 2. The molecule has 0 bridgehead atoms. The van der Waals surface area contributed by atoms with E-state index in [1.165, 1.54) is 13.0 Å². The first-order valence-corrected chi connectivity index (χ1v) is 38.0. The predicted molar refractivity (Wildman–Crippen MR) is 432 cm³/mol. The number of nitrogens with one attached hydrogen (secondary N) is 3. The Morgan fingerprint density at radius 1 is 0.397 bits per heavy atom. The smallest absolute Gasteiger partial charge is 0.333 e. The van der Waals surface area contributed by atoms with E-state index in [0.29, 0.717) is 144 Å². The zero-order chi connectivity index (χ0) is 95.6. The van der Waals surface area contributed by atoms with Crippen LogP contribution in [0.5, 0.6) is 0 Å². The Labute approximate surface area is 713 Å². The highest BCUT2D eigenvalue weighted by Crippen LogP contribution is 2.11. The number of hydrogen-bond acceptors (Lipinski definition) is 26. The standard InChI is InChI=1S/C14H24N2O4.C13H20N2O4.C12H18N2O4.2C12H20N2O4.C11H18N2O3.C8H12N2O2/c1-4-13(18)15-9-5-7-12(17)8-6-10-16(2,3)11-14(19)20;1-10(2)13(18)19-9-11(7-14)5-6-15(3,4)8-12(16)17;1-10(13-2)9-18-12(17)6-5-7-14(3,4)8-11(15)16;2*1-4-11(16)13-8-10(15)6-5-7-14(2,3)9-12(17)18;1-10(12-2)9-16-7-5-6-13(3,4)8-11(14)15;1-7(9-2)5-10(3,4)6-8(11)12/h4H,1,5-11H2,2-3H3,(H-,15,18,19,20);11H,1,5-6,8-9H2,2-4H3;1,5-9H2,3-4H3;2*4H,1,5-9H2,2-3H3,(H-,13,16,17,18);1,5-9H2,3-4H3;1,5-6H2,3-4H3. The van der Waals surface area contributed by atoms with Crippen LogP contribution in [-0.4, -0.2) is 357 Å². The first kappa shape index (κ1) is 123. The summed E-state index contributed by atoms with van der Waals surface area (Å²) in [6, 6.07) is 2.04. The number of quaternary nitrogens is 7. The van der Waals surface area contributed by atoms with Gasteiger partial charge in [-0.1, -0.05) is 46.1 Å². The van der Waals surface area contributed by atoms with Gasteiger partial charge in [0.25, 0.3) is 0 Å². The summed E-state index contributed by atoms with van der Waals surface area (Å²) in [5.41, 5.74) is 1.20. The summed E-state index contributed by atoms with van der Waals surface area (Å²) < 4.78 is 16.8. The van der Waals surface area contributed by atoms with Gasteiger partial charge in [-0.2, -0.15) is 5.26 Å². The molecule has 0 aliphatic carbocycles. The van der Waals surface area contributed by atoms with E-state index in [1.807, 2.05) is 20.2 Å². The number of amides is 3. The van der Waals surface area contributed by atoms with E-state index < -0.39 is 59.6 Å². The van der Waals surface area contributed by atoms with E-state index in [0.717, 1.165) is 18.6 Å². The molecule has 680 valence electrons. The maximum atomic E-state index is 11.6. The number of ether oxygens (including phenoxy) is 3. The fourth-order valence-electron chi connectivity index (χ4n) is 9.73. The van der Waals surface area contributed by atoms with Crippen molar-refractivity contribution in [3.05, 3.63) is 121 Å². The van der Waals surface area contributed by atoms with E-state index in [-0.39, 0.29) is 154 Å². The van der Waals surface area contributed by atoms with Crippen molar-refractivity contribution in [1.29, 1.82) is 5.26 Å². The van der Waals surface area contributed by atoms with Gasteiger partial charge >= 0.3 is 11.9 Å². The molecule has 39 nitrogen and oxygen atoms in total. The number of carboxylic acid groups (broad SMARTS) is 7. The van der Waals surface area contributed by atoms with Gasteiger partial charge < -0.3 is 131 Å². The molecule has 1 unspecified atom stereocenters. The van der Waals surface area contributed by atoms with E-state index >= 15 is 0 Å². The van der Waals surface area contributed by atoms with Gasteiger partial charge in [0.2, 0.25) is 23.4 Å². The second-order valence-electron chi connectivity index (χ2n) is 32.3. The summed E-state index contributed by atoms with van der Waals surface area (Å²) in [6.07, 6.45) is 9.18. The lowest BCUT2D eigenvalue weighted by molar-refractivity contribution is -0.885. The van der Waals surface area contributed by atoms with Gasteiger partial charge in [-0.25, -0.2) is 19.3 Å². The Hall–Kier alpha value is -11.5. The monoisotopic (exact) mass is 1710 g/mol. The molecule has 0 radical (unpaired) electrons. The van der Waals surface area contributed by atoms with Gasteiger partial charge in [-0.05, 0) is 31.6 Å². The number of aliphatic carboxylic acids is 7. The highest BCUT2D eigenvalue weighted by molar-refractivity contribution is 5.92. The number of carbonyl (C=O) groups excluding carboxylic acids is 15. The summed E-state index contributed by atoms with van der Waals surface area (Å²) in [5.74, 6) is -10.1. The molecule has 0 saturated heterocycles. The second-order valence-corrected chi connectivity index (χ2v) is 32.3. The predicted octanol–water partition coefficient (Wildman–Crippen LogP) is -5.90. The normalized spacial score (nSPS) is 11.0. The molecular formula is C82H132N14O25. The molecule has 3 N–H and O–H groups in total. The van der Waals surface area contributed by atoms with Crippen molar-refractivity contribution in [3.8, 4) is 6.07 Å². The van der Waals surface area contributed by atoms with Gasteiger partial charge in [0.1, 0.15) is 71.4 Å². The average Bonchev–Trinajstić information content (AvgIpc) is 0.921. The second kappa shape index (κ2) is 67.3. The topological polar surface area (TPSA) is 518 Å². The molecule has 3 amide bonds. The molecule has 0 saturated carbocycles. The molecule has 1 atom stereocenters. The molecule has 0 heterocycles. The van der Waals surface area contributed by atoms with Crippen molar-refractivity contribution in [2.45, 2.75) is 84.0 Å². The molecular weight excluding hydrogens is 1580 g/mol. The number of nitrogens with zero attached hydrogens (tertiary/aromatic N) is 11. The fraction of sp³-hybridized carbons (Fsp3) is 0.598. The molecule has 0 spiro atoms. The largest absolute Gasteiger partial charge is 0.544 e. The van der Waals surface area contributed by atoms with E-state index in [4.69, 9.17) is 39.2 Å². The molecule has 0 aliphatic heterocycles. The summed E-state index contributed by atoms with van der Waals surface area (Å²) >= 11 is 0. The van der Waals surface area contributed by atoms with Crippen molar-refractivity contribution < 1.29 is 153 Å². The lowest BCUT2D eigenvalue weighted by Crippen LogP contribution is -2.49. The molecule has 0 fully saturated rings. The van der Waals surface area contributed by atoms with Gasteiger partial charge in [0.15, 0.2) is 23.0 Å². The molecule has 0 aliphatic rings. The van der Waals surface area contributed by atoms with Crippen LogP contribution in [0.15, 0.2) is 86.9 Å². The third kappa shape index (κ3) is 90.6. The van der Waals surface area contributed by atoms with Crippen molar-refractivity contribution in [2.75, 3.05) is 236 Å². The maximum absolute atomic E-state index is 11.6. The van der Waals surface area contributed by atoms with E-state index in [1.54, 1.807) is 84.6 Å². The first-order chi connectivity index (χ1) is 55.5. The molecule has 39 heteroatoms. The molecule has 121 heavy (non-hydrogen) atoms. The van der Waals surface area contributed by atoms with Crippen LogP contribution in [0.2, 0.25) is 0 Å². The quantitative estimate of drug-likeness (QED) is 0.0168. The fourth-order valence-corrected chi connectivity index (χ4v) is 9.73. The minimum atomic E-state index is -1.13. The van der Waals surface area contributed by atoms with Gasteiger partial charge in [0.05, 0.1) is 244 Å². The van der Waals surface area contributed by atoms with Gasteiger partial charge in [-0.15, -0.1) is 0 Å². The minimum Gasteiger partial charge on any atom is -0.544 e. The minimum absolute atomic E-state index is 0.00520. The lowest BCUT2D eigenvalue weighted by atomic mass is 10.1. The van der Waals surface area contributed by atoms with Crippen LogP contribution in [0, 0.1) is 37.0 Å². The number of nitriles is 1. The highest BCUT2D eigenvalue weighted by Gasteiger charge is 2.24. The number of carboxylic acids is 7. The Bertz CT molecular complexity index is 3560. The summed E-state index contributed by atoms with van der Waals surface area (Å²) in [6.45, 7) is 49.4. The molecule has 0 aromatic heterocycles. The molecule has 0 rings (SSSR count). The Kier molecular flexibility index (Phi) is 68.2. The SMILES string of the molecule is C=C(C)C(=O)OCC(C#N)CC[N+](C)(C)CC(=O)[O-].C=CC(=O)NCC(=O)CCC[N+](C)(C)CC(=O)[O-].C=CC(=O)NCC(=O)CCC[N+](C)(C)CC(=O)[O-].C=CC(=O)NCCCC(=O)CCC[N+](C)(C)CC(=O)[O-].[C-]#[N+]C(=C)COC(=O)CCC[N+](C)(C)CC(=O)[O-].[C-]#[N+]C(=C)COCCC[N+](C)(C)CC(=O)[O-].[C-]#[N+]C(=C)C[N+](C)(C)CC(=O)[O-]. The van der Waals surface area contributed by atoms with E-state index in [9.17, 15) is 108 Å². The zero-order valence-corrected chi connectivity index (χ0v) is 73.7. The highest BCUT2D eigenvalue weighted by atomic mass is 16.5.